The van der Waals surface area contributed by atoms with Gasteiger partial charge in [0.05, 0.1) is 0 Å². The van der Waals surface area contributed by atoms with Crippen molar-refractivity contribution in [1.29, 1.82) is 0 Å². The maximum Gasteiger partial charge on any atom is 0.130 e. The maximum absolute atomic E-state index is 13.3. The predicted octanol–water partition coefficient (Wildman–Crippen LogP) is 3.58. The zero-order chi connectivity index (χ0) is 11.4. The van der Waals surface area contributed by atoms with Gasteiger partial charge in [-0.25, -0.2) is 4.39 Å². The number of nitrogen functional groups attached to an aromatic ring is 1. The van der Waals surface area contributed by atoms with Crippen LogP contribution >= 0.6 is 0 Å². The van der Waals surface area contributed by atoms with Crippen LogP contribution in [0.2, 0.25) is 0 Å². The lowest BCUT2D eigenvalue weighted by molar-refractivity contribution is 0.625. The fourth-order valence-corrected chi connectivity index (χ4v) is 1.45. The molecule has 0 amide bonds. The van der Waals surface area contributed by atoms with E-state index >= 15 is 0 Å². The lowest BCUT2D eigenvalue weighted by atomic mass is 10.1. The second kappa shape index (κ2) is 4.62. The minimum absolute atomic E-state index is 0.228. The highest BCUT2D eigenvalue weighted by atomic mass is 19.1. The van der Waals surface area contributed by atoms with Crippen LogP contribution in [0.3, 0.4) is 0 Å². The van der Waals surface area contributed by atoms with Gasteiger partial charge in [0.15, 0.2) is 0 Å². The molecule has 0 fully saturated rings. The lowest BCUT2D eigenvalue weighted by Gasteiger charge is -1.99. The molecule has 0 bridgehead atoms. The Morgan fingerprint density at radius 3 is 2.06 bits per heavy atom. The van der Waals surface area contributed by atoms with Crippen molar-refractivity contribution in [3.8, 4) is 0 Å². The zero-order valence-electron chi connectivity index (χ0n) is 8.73. The summed E-state index contributed by atoms with van der Waals surface area (Å²) in [6, 6.07) is 14.1. The van der Waals surface area contributed by atoms with Crippen LogP contribution < -0.4 is 5.73 Å². The van der Waals surface area contributed by atoms with Crippen LogP contribution in [0, 0.1) is 5.82 Å². The van der Waals surface area contributed by atoms with Crippen molar-refractivity contribution in [3.05, 3.63) is 65.5 Å². The highest BCUT2D eigenvalue weighted by molar-refractivity contribution is 5.75. The molecular weight excluding hydrogens is 201 g/mol. The highest BCUT2D eigenvalue weighted by Gasteiger charge is 1.96. The molecule has 0 saturated heterocycles. The fraction of sp³-hybridized carbons (Fsp3) is 0. The molecule has 0 heterocycles. The molecule has 0 saturated carbocycles. The molecule has 0 aliphatic rings. The number of nitrogens with two attached hydrogens (primary N) is 1. The first kappa shape index (κ1) is 10.4. The molecule has 2 rings (SSSR count). The van der Waals surface area contributed by atoms with Gasteiger partial charge < -0.3 is 5.73 Å². The Morgan fingerprint density at radius 1 is 0.812 bits per heavy atom. The molecule has 0 radical (unpaired) electrons. The quantitative estimate of drug-likeness (QED) is 0.599. The summed E-state index contributed by atoms with van der Waals surface area (Å²) in [6.45, 7) is 0. The van der Waals surface area contributed by atoms with Crippen molar-refractivity contribution in [3.63, 3.8) is 0 Å². The third-order valence-corrected chi connectivity index (χ3v) is 2.34. The van der Waals surface area contributed by atoms with E-state index in [9.17, 15) is 4.39 Å². The number of rotatable bonds is 2. The van der Waals surface area contributed by atoms with E-state index in [4.69, 9.17) is 5.73 Å². The Bertz CT molecular complexity index is 470. The van der Waals surface area contributed by atoms with Crippen LogP contribution in [0.4, 0.5) is 10.1 Å². The van der Waals surface area contributed by atoms with E-state index in [2.05, 4.69) is 0 Å². The van der Waals surface area contributed by atoms with Crippen molar-refractivity contribution in [2.45, 2.75) is 0 Å². The van der Waals surface area contributed by atoms with E-state index in [1.807, 2.05) is 30.3 Å². The zero-order valence-corrected chi connectivity index (χ0v) is 8.73. The molecule has 0 aromatic heterocycles. The topological polar surface area (TPSA) is 26.0 Å². The van der Waals surface area contributed by atoms with E-state index in [0.717, 1.165) is 5.56 Å². The van der Waals surface area contributed by atoms with Crippen LogP contribution in [-0.2, 0) is 0 Å². The van der Waals surface area contributed by atoms with E-state index < -0.39 is 0 Å². The van der Waals surface area contributed by atoms with E-state index in [1.54, 1.807) is 24.3 Å². The molecule has 2 heteroatoms. The second-order valence-electron chi connectivity index (χ2n) is 3.48. The molecule has 0 unspecified atom stereocenters. The Balaban J connectivity index is 2.29. The summed E-state index contributed by atoms with van der Waals surface area (Å²) in [7, 11) is 0. The van der Waals surface area contributed by atoms with Crippen molar-refractivity contribution < 1.29 is 4.39 Å². The Hall–Kier alpha value is -2.09. The Kier molecular flexibility index (Phi) is 3.01. The first-order valence-electron chi connectivity index (χ1n) is 5.04. The van der Waals surface area contributed by atoms with Crippen LogP contribution in [0.15, 0.2) is 48.5 Å². The summed E-state index contributed by atoms with van der Waals surface area (Å²) in [5, 5.41) is 0. The van der Waals surface area contributed by atoms with Crippen molar-refractivity contribution in [1.82, 2.24) is 0 Å². The number of benzene rings is 2. The van der Waals surface area contributed by atoms with Crippen molar-refractivity contribution >= 4 is 17.8 Å². The van der Waals surface area contributed by atoms with Gasteiger partial charge in [-0.2, -0.15) is 0 Å². The van der Waals surface area contributed by atoms with Gasteiger partial charge >= 0.3 is 0 Å². The largest absolute Gasteiger partial charge is 0.398 e. The van der Waals surface area contributed by atoms with Crippen LogP contribution in [0.5, 0.6) is 0 Å². The fourth-order valence-electron chi connectivity index (χ4n) is 1.45. The van der Waals surface area contributed by atoms with Gasteiger partial charge in [0.2, 0.25) is 0 Å². The third-order valence-electron chi connectivity index (χ3n) is 2.34. The predicted molar refractivity (Wildman–Crippen MR) is 66.2 cm³/mol. The highest BCUT2D eigenvalue weighted by Crippen LogP contribution is 2.15. The smallest absolute Gasteiger partial charge is 0.130 e. The Labute approximate surface area is 94.0 Å². The van der Waals surface area contributed by atoms with Gasteiger partial charge in [-0.1, -0.05) is 48.6 Å². The molecule has 2 N–H and O–H groups in total. The van der Waals surface area contributed by atoms with Gasteiger partial charge in [-0.05, 0) is 17.7 Å². The molecule has 0 aliphatic carbocycles. The molecule has 80 valence electrons. The van der Waals surface area contributed by atoms with Gasteiger partial charge in [-0.3, -0.25) is 0 Å². The molecule has 2 aromatic carbocycles. The average molecular weight is 213 g/mol. The number of hydrogen-bond acceptors (Lipinski definition) is 1. The van der Waals surface area contributed by atoms with Crippen LogP contribution in [0.25, 0.3) is 12.2 Å². The standard InChI is InChI=1S/C14H12FN/c15-13-7-3-1-5-11(13)9-10-12-6-2-4-8-14(12)16/h1-10H,16H2/b10-9+. The molecule has 2 aromatic rings. The number of anilines is 1. The second-order valence-corrected chi connectivity index (χ2v) is 3.48. The van der Waals surface area contributed by atoms with Gasteiger partial charge in [-0.15, -0.1) is 0 Å². The number of para-hydroxylation sites is 1. The first-order valence-corrected chi connectivity index (χ1v) is 5.04. The summed E-state index contributed by atoms with van der Waals surface area (Å²) in [6.07, 6.45) is 3.54. The minimum Gasteiger partial charge on any atom is -0.398 e. The monoisotopic (exact) mass is 213 g/mol. The van der Waals surface area contributed by atoms with Crippen molar-refractivity contribution in [2.24, 2.45) is 0 Å². The van der Waals surface area contributed by atoms with Crippen LogP contribution in [-0.4, -0.2) is 0 Å². The molecular formula is C14H12FN. The van der Waals surface area contributed by atoms with Gasteiger partial charge in [0.1, 0.15) is 5.82 Å². The summed E-state index contributed by atoms with van der Waals surface area (Å²) in [5.41, 5.74) is 7.92. The third kappa shape index (κ3) is 2.28. The SMILES string of the molecule is Nc1ccccc1/C=C/c1ccccc1F. The first-order chi connectivity index (χ1) is 7.77. The molecule has 0 aliphatic heterocycles. The summed E-state index contributed by atoms with van der Waals surface area (Å²) < 4.78 is 13.3. The summed E-state index contributed by atoms with van der Waals surface area (Å²) in [4.78, 5) is 0. The number of hydrogen-bond donors (Lipinski definition) is 1. The lowest BCUT2D eigenvalue weighted by Crippen LogP contribution is -1.87. The van der Waals surface area contributed by atoms with Gasteiger partial charge in [0.25, 0.3) is 0 Å². The van der Waals surface area contributed by atoms with Crippen LogP contribution in [0.1, 0.15) is 11.1 Å². The molecule has 16 heavy (non-hydrogen) atoms. The maximum atomic E-state index is 13.3. The molecule has 0 atom stereocenters. The molecule has 1 nitrogen and oxygen atoms in total. The minimum atomic E-state index is -0.228. The normalized spacial score (nSPS) is 10.8. The van der Waals surface area contributed by atoms with E-state index in [1.165, 1.54) is 6.07 Å². The van der Waals surface area contributed by atoms with Gasteiger partial charge in [0, 0.05) is 11.3 Å². The molecule has 0 spiro atoms. The summed E-state index contributed by atoms with van der Waals surface area (Å²) >= 11 is 0. The number of halogens is 1. The van der Waals surface area contributed by atoms with E-state index in [0.29, 0.717) is 11.3 Å². The Morgan fingerprint density at radius 2 is 1.38 bits per heavy atom. The summed E-state index contributed by atoms with van der Waals surface area (Å²) in [5.74, 6) is -0.228. The van der Waals surface area contributed by atoms with Crippen molar-refractivity contribution in [2.75, 3.05) is 5.73 Å². The average Bonchev–Trinajstić information content (AvgIpc) is 2.30. The van der Waals surface area contributed by atoms with E-state index in [-0.39, 0.29) is 5.82 Å².